The van der Waals surface area contributed by atoms with Gasteiger partial charge < -0.3 is 10.6 Å². The van der Waals surface area contributed by atoms with Crippen molar-refractivity contribution >= 4 is 11.8 Å². The molecule has 1 aromatic rings. The van der Waals surface area contributed by atoms with Crippen molar-refractivity contribution in [3.8, 4) is 0 Å². The minimum atomic E-state index is -0.114. The molecule has 1 saturated carbocycles. The molecule has 2 amide bonds. The molecular formula is C18H26N2O2. The summed E-state index contributed by atoms with van der Waals surface area (Å²) in [4.78, 5) is 24.0. The molecule has 0 radical (unpaired) electrons. The number of aryl methyl sites for hydroxylation is 1. The summed E-state index contributed by atoms with van der Waals surface area (Å²) in [5, 5.41) is 5.92. The lowest BCUT2D eigenvalue weighted by atomic mass is 9.86. The molecular weight excluding hydrogens is 276 g/mol. The lowest BCUT2D eigenvalue weighted by molar-refractivity contribution is -0.122. The van der Waals surface area contributed by atoms with Crippen molar-refractivity contribution in [2.45, 2.75) is 52.0 Å². The normalized spacial score (nSPS) is 21.2. The maximum Gasteiger partial charge on any atom is 0.251 e. The Hall–Kier alpha value is -1.84. The quantitative estimate of drug-likeness (QED) is 0.878. The molecule has 0 heterocycles. The van der Waals surface area contributed by atoms with Gasteiger partial charge in [-0.15, -0.1) is 0 Å². The maximum absolute atomic E-state index is 12.0. The van der Waals surface area contributed by atoms with Crippen LogP contribution < -0.4 is 10.6 Å². The highest BCUT2D eigenvalue weighted by atomic mass is 16.2. The third-order valence-corrected chi connectivity index (χ3v) is 4.49. The van der Waals surface area contributed by atoms with E-state index in [0.717, 1.165) is 12.0 Å². The van der Waals surface area contributed by atoms with Gasteiger partial charge >= 0.3 is 0 Å². The largest absolute Gasteiger partial charge is 0.353 e. The zero-order valence-corrected chi connectivity index (χ0v) is 13.5. The van der Waals surface area contributed by atoms with Crippen molar-refractivity contribution in [2.75, 3.05) is 6.54 Å². The maximum atomic E-state index is 12.0. The topological polar surface area (TPSA) is 58.2 Å². The first kappa shape index (κ1) is 16.5. The third kappa shape index (κ3) is 4.58. The van der Waals surface area contributed by atoms with E-state index in [1.165, 1.54) is 19.3 Å². The smallest absolute Gasteiger partial charge is 0.251 e. The van der Waals surface area contributed by atoms with E-state index in [1.807, 2.05) is 25.1 Å². The van der Waals surface area contributed by atoms with Crippen molar-refractivity contribution in [2.24, 2.45) is 5.92 Å². The van der Waals surface area contributed by atoms with Gasteiger partial charge in [0.25, 0.3) is 5.91 Å². The fourth-order valence-corrected chi connectivity index (χ4v) is 3.02. The number of hydrogen-bond donors (Lipinski definition) is 2. The van der Waals surface area contributed by atoms with Gasteiger partial charge in [0.15, 0.2) is 0 Å². The van der Waals surface area contributed by atoms with E-state index in [0.29, 0.717) is 30.5 Å². The second-order valence-electron chi connectivity index (χ2n) is 6.26. The zero-order chi connectivity index (χ0) is 15.9. The Morgan fingerprint density at radius 3 is 2.64 bits per heavy atom. The van der Waals surface area contributed by atoms with Crippen molar-refractivity contribution < 1.29 is 9.59 Å². The van der Waals surface area contributed by atoms with Gasteiger partial charge in [-0.05, 0) is 37.3 Å². The second-order valence-corrected chi connectivity index (χ2v) is 6.26. The number of nitrogens with one attached hydrogen (secondary N) is 2. The van der Waals surface area contributed by atoms with Crippen LogP contribution >= 0.6 is 0 Å². The first-order chi connectivity index (χ1) is 10.6. The highest BCUT2D eigenvalue weighted by molar-refractivity contribution is 5.95. The van der Waals surface area contributed by atoms with E-state index >= 15 is 0 Å². The average molecular weight is 302 g/mol. The van der Waals surface area contributed by atoms with Crippen molar-refractivity contribution in [3.05, 3.63) is 35.4 Å². The van der Waals surface area contributed by atoms with Gasteiger partial charge in [-0.25, -0.2) is 0 Å². The van der Waals surface area contributed by atoms with E-state index in [4.69, 9.17) is 0 Å². The predicted octanol–water partition coefficient (Wildman–Crippen LogP) is 2.81. The van der Waals surface area contributed by atoms with E-state index in [2.05, 4.69) is 17.6 Å². The van der Waals surface area contributed by atoms with E-state index in [9.17, 15) is 9.59 Å². The summed E-state index contributed by atoms with van der Waals surface area (Å²) in [6.07, 6.45) is 5.05. The van der Waals surface area contributed by atoms with Crippen LogP contribution in [0, 0.1) is 12.8 Å². The van der Waals surface area contributed by atoms with Crippen molar-refractivity contribution in [1.29, 1.82) is 0 Å². The lowest BCUT2D eigenvalue weighted by Gasteiger charge is -2.29. The summed E-state index contributed by atoms with van der Waals surface area (Å²) in [6, 6.07) is 7.76. The highest BCUT2D eigenvalue weighted by Crippen LogP contribution is 2.23. The molecule has 2 atom stereocenters. The van der Waals surface area contributed by atoms with Crippen molar-refractivity contribution in [3.63, 3.8) is 0 Å². The van der Waals surface area contributed by atoms with E-state index in [-0.39, 0.29) is 11.8 Å². The molecule has 4 heteroatoms. The second kappa shape index (κ2) is 7.97. The molecule has 1 aliphatic carbocycles. The van der Waals surface area contributed by atoms with Crippen LogP contribution in [0.1, 0.15) is 54.9 Å². The fourth-order valence-electron chi connectivity index (χ4n) is 3.02. The minimum Gasteiger partial charge on any atom is -0.353 e. The Balaban J connectivity index is 1.73. The third-order valence-electron chi connectivity index (χ3n) is 4.49. The number of benzene rings is 1. The fraction of sp³-hybridized carbons (Fsp3) is 0.556. The van der Waals surface area contributed by atoms with Gasteiger partial charge in [0.2, 0.25) is 5.91 Å². The molecule has 1 aromatic carbocycles. The van der Waals surface area contributed by atoms with Crippen LogP contribution in [0.3, 0.4) is 0 Å². The van der Waals surface area contributed by atoms with Crippen LogP contribution in [0.2, 0.25) is 0 Å². The molecule has 0 spiro atoms. The van der Waals surface area contributed by atoms with Gasteiger partial charge in [0.05, 0.1) is 0 Å². The number of hydrogen-bond acceptors (Lipinski definition) is 2. The summed E-state index contributed by atoms with van der Waals surface area (Å²) in [5.41, 5.74) is 1.62. The summed E-state index contributed by atoms with van der Waals surface area (Å²) < 4.78 is 0. The first-order valence-corrected chi connectivity index (χ1v) is 8.21. The summed E-state index contributed by atoms with van der Waals surface area (Å²) >= 11 is 0. The van der Waals surface area contributed by atoms with Gasteiger partial charge in [-0.3, -0.25) is 9.59 Å². The molecule has 2 rings (SSSR count). The number of carbonyl (C=O) groups is 2. The van der Waals surface area contributed by atoms with Crippen LogP contribution in [-0.4, -0.2) is 24.4 Å². The molecule has 120 valence electrons. The minimum absolute atomic E-state index is 0.0313. The lowest BCUT2D eigenvalue weighted by Crippen LogP contribution is -2.42. The molecule has 4 nitrogen and oxygen atoms in total. The Labute approximate surface area is 132 Å². The van der Waals surface area contributed by atoms with Gasteiger partial charge in [0.1, 0.15) is 0 Å². The van der Waals surface area contributed by atoms with E-state index in [1.54, 1.807) is 6.07 Å². The van der Waals surface area contributed by atoms with Crippen LogP contribution in [0.4, 0.5) is 0 Å². The Kier molecular flexibility index (Phi) is 5.99. The molecule has 1 fully saturated rings. The molecule has 2 N–H and O–H groups in total. The van der Waals surface area contributed by atoms with Gasteiger partial charge in [-0.1, -0.05) is 38.0 Å². The standard InChI is InChI=1S/C18H26N2O2/c1-13-7-3-5-9-15(13)18(22)19-12-11-17(21)20-16-10-6-4-8-14(16)2/h3,5,7,9,14,16H,4,6,8,10-12H2,1-2H3,(H,19,22)(H,20,21). The summed E-state index contributed by atoms with van der Waals surface area (Å²) in [7, 11) is 0. The molecule has 22 heavy (non-hydrogen) atoms. The van der Waals surface area contributed by atoms with Crippen LogP contribution in [0.5, 0.6) is 0 Å². The summed E-state index contributed by atoms with van der Waals surface area (Å²) in [5.74, 6) is 0.472. The number of carbonyl (C=O) groups excluding carboxylic acids is 2. The molecule has 2 unspecified atom stereocenters. The highest BCUT2D eigenvalue weighted by Gasteiger charge is 2.22. The average Bonchev–Trinajstić information content (AvgIpc) is 2.50. The number of amides is 2. The molecule has 0 bridgehead atoms. The number of rotatable bonds is 5. The molecule has 0 aliphatic heterocycles. The van der Waals surface area contributed by atoms with Crippen LogP contribution in [0.25, 0.3) is 0 Å². The summed E-state index contributed by atoms with van der Waals surface area (Å²) in [6.45, 7) is 4.48. The first-order valence-electron chi connectivity index (χ1n) is 8.21. The van der Waals surface area contributed by atoms with Crippen molar-refractivity contribution in [1.82, 2.24) is 10.6 Å². The predicted molar refractivity (Wildman–Crippen MR) is 87.7 cm³/mol. The Morgan fingerprint density at radius 2 is 1.91 bits per heavy atom. The monoisotopic (exact) mass is 302 g/mol. The molecule has 1 aliphatic rings. The van der Waals surface area contributed by atoms with Crippen LogP contribution in [0.15, 0.2) is 24.3 Å². The van der Waals surface area contributed by atoms with Gasteiger partial charge in [0, 0.05) is 24.6 Å². The Bertz CT molecular complexity index is 528. The van der Waals surface area contributed by atoms with E-state index < -0.39 is 0 Å². The molecule has 0 saturated heterocycles. The Morgan fingerprint density at radius 1 is 1.18 bits per heavy atom. The molecule has 0 aromatic heterocycles. The van der Waals surface area contributed by atoms with Gasteiger partial charge in [-0.2, -0.15) is 0 Å². The van der Waals surface area contributed by atoms with Crippen LogP contribution in [-0.2, 0) is 4.79 Å². The zero-order valence-electron chi connectivity index (χ0n) is 13.5. The SMILES string of the molecule is Cc1ccccc1C(=O)NCCC(=O)NC1CCCCC1C.